The fraction of sp³-hybridized carbons (Fsp3) is 0.467. The highest BCUT2D eigenvalue weighted by atomic mass is 32.2. The van der Waals surface area contributed by atoms with Gasteiger partial charge in [-0.05, 0) is 31.4 Å². The summed E-state index contributed by atoms with van der Waals surface area (Å²) in [6, 6.07) is 7.71. The minimum Gasteiger partial charge on any atom is -0.325 e. The molecule has 3 nitrogen and oxygen atoms in total. The van der Waals surface area contributed by atoms with Crippen molar-refractivity contribution in [2.75, 3.05) is 11.1 Å². The number of carbonyl (C=O) groups is 2. The van der Waals surface area contributed by atoms with Gasteiger partial charge < -0.3 is 5.32 Å². The lowest BCUT2D eigenvalue weighted by Crippen LogP contribution is -2.24. The zero-order valence-electron chi connectivity index (χ0n) is 11.1. The van der Waals surface area contributed by atoms with Crippen LogP contribution in [0, 0.1) is 6.92 Å². The molecule has 1 aromatic carbocycles. The fourth-order valence-corrected chi connectivity index (χ4v) is 3.26. The molecule has 1 fully saturated rings. The first kappa shape index (κ1) is 14.1. The van der Waals surface area contributed by atoms with E-state index in [1.165, 1.54) is 11.8 Å². The first-order chi connectivity index (χ1) is 9.16. The molecule has 1 N–H and O–H groups in total. The molecular formula is C15H19NO2S. The van der Waals surface area contributed by atoms with Crippen LogP contribution in [0.25, 0.3) is 0 Å². The van der Waals surface area contributed by atoms with Gasteiger partial charge in [-0.3, -0.25) is 9.59 Å². The number of aryl methyl sites for hydroxylation is 1. The average Bonchev–Trinajstić information content (AvgIpc) is 2.40. The summed E-state index contributed by atoms with van der Waals surface area (Å²) in [7, 11) is 0. The Morgan fingerprint density at radius 2 is 2.16 bits per heavy atom. The molecular weight excluding hydrogens is 258 g/mol. The van der Waals surface area contributed by atoms with Crippen molar-refractivity contribution < 1.29 is 9.59 Å². The Kier molecular flexibility index (Phi) is 5.02. The number of ketones is 1. The highest BCUT2D eigenvalue weighted by Crippen LogP contribution is 2.25. The normalized spacial score (nSPS) is 19.2. The predicted octanol–water partition coefficient (Wildman–Crippen LogP) is 3.18. The van der Waals surface area contributed by atoms with E-state index in [-0.39, 0.29) is 11.2 Å². The first-order valence-corrected chi connectivity index (χ1v) is 7.71. The fourth-order valence-electron chi connectivity index (χ4n) is 2.20. The molecule has 1 aliphatic rings. The number of hydrogen-bond acceptors (Lipinski definition) is 3. The van der Waals surface area contributed by atoms with Crippen molar-refractivity contribution in [2.45, 2.75) is 37.9 Å². The lowest BCUT2D eigenvalue weighted by atomic mass is 9.99. The summed E-state index contributed by atoms with van der Waals surface area (Å²) in [4.78, 5) is 23.5. The summed E-state index contributed by atoms with van der Waals surface area (Å²) in [6.07, 6.45) is 3.70. The lowest BCUT2D eigenvalue weighted by Gasteiger charge is -2.19. The largest absolute Gasteiger partial charge is 0.325 e. The van der Waals surface area contributed by atoms with Crippen LogP contribution in [0.2, 0.25) is 0 Å². The molecule has 0 aromatic heterocycles. The molecule has 0 radical (unpaired) electrons. The van der Waals surface area contributed by atoms with E-state index in [2.05, 4.69) is 5.32 Å². The molecule has 1 aliphatic carbocycles. The molecule has 102 valence electrons. The van der Waals surface area contributed by atoms with Gasteiger partial charge in [0.05, 0.1) is 11.0 Å². The SMILES string of the molecule is Cc1ccccc1NC(=O)CSC1CCCCC1=O. The van der Waals surface area contributed by atoms with E-state index < -0.39 is 0 Å². The number of Topliss-reactive ketones (excluding diaryl/α,β-unsaturated/α-hetero) is 1. The number of nitrogens with one attached hydrogen (secondary N) is 1. The van der Waals surface area contributed by atoms with Gasteiger partial charge in [0.25, 0.3) is 0 Å². The van der Waals surface area contributed by atoms with Crippen LogP contribution >= 0.6 is 11.8 Å². The Morgan fingerprint density at radius 3 is 2.89 bits per heavy atom. The summed E-state index contributed by atoms with van der Waals surface area (Å²) in [5.74, 6) is 0.627. The monoisotopic (exact) mass is 277 g/mol. The number of amides is 1. The van der Waals surface area contributed by atoms with Gasteiger partial charge in [-0.2, -0.15) is 0 Å². The molecule has 0 bridgehead atoms. The third-order valence-corrected chi connectivity index (χ3v) is 4.66. The summed E-state index contributed by atoms with van der Waals surface area (Å²) in [6.45, 7) is 1.97. The number of benzene rings is 1. The Labute approximate surface area is 118 Å². The average molecular weight is 277 g/mol. The van der Waals surface area contributed by atoms with Gasteiger partial charge in [-0.25, -0.2) is 0 Å². The van der Waals surface area contributed by atoms with Crippen molar-refractivity contribution in [2.24, 2.45) is 0 Å². The van der Waals surface area contributed by atoms with Crippen LogP contribution in [-0.2, 0) is 9.59 Å². The van der Waals surface area contributed by atoms with Gasteiger partial charge in [0.2, 0.25) is 5.91 Å². The predicted molar refractivity (Wildman–Crippen MR) is 79.5 cm³/mol. The van der Waals surface area contributed by atoms with E-state index in [9.17, 15) is 9.59 Å². The maximum atomic E-state index is 11.9. The second-order valence-corrected chi connectivity index (χ2v) is 6.07. The molecule has 0 saturated heterocycles. The smallest absolute Gasteiger partial charge is 0.234 e. The molecule has 0 aliphatic heterocycles. The Hall–Kier alpha value is -1.29. The number of hydrogen-bond donors (Lipinski definition) is 1. The van der Waals surface area contributed by atoms with Crippen LogP contribution in [0.5, 0.6) is 0 Å². The Morgan fingerprint density at radius 1 is 1.37 bits per heavy atom. The molecule has 1 unspecified atom stereocenters. The Balaban J connectivity index is 1.81. The van der Waals surface area contributed by atoms with E-state index in [1.54, 1.807) is 0 Å². The zero-order valence-corrected chi connectivity index (χ0v) is 12.0. The van der Waals surface area contributed by atoms with Gasteiger partial charge in [0, 0.05) is 12.1 Å². The minimum atomic E-state index is -0.0299. The van der Waals surface area contributed by atoms with Gasteiger partial charge in [-0.15, -0.1) is 11.8 Å². The highest BCUT2D eigenvalue weighted by Gasteiger charge is 2.23. The summed E-state index contributed by atoms with van der Waals surface area (Å²) < 4.78 is 0. The number of carbonyl (C=O) groups excluding carboxylic acids is 2. The van der Waals surface area contributed by atoms with Crippen molar-refractivity contribution in [3.8, 4) is 0 Å². The molecule has 1 amide bonds. The van der Waals surface area contributed by atoms with Crippen LogP contribution in [0.3, 0.4) is 0 Å². The maximum Gasteiger partial charge on any atom is 0.234 e. The van der Waals surface area contributed by atoms with Crippen molar-refractivity contribution in [1.82, 2.24) is 0 Å². The summed E-state index contributed by atoms with van der Waals surface area (Å²) in [5.41, 5.74) is 1.90. The van der Waals surface area contributed by atoms with Crippen LogP contribution in [0.4, 0.5) is 5.69 Å². The molecule has 19 heavy (non-hydrogen) atoms. The number of thioether (sulfide) groups is 1. The third kappa shape index (κ3) is 4.10. The van der Waals surface area contributed by atoms with E-state index in [0.29, 0.717) is 18.0 Å². The van der Waals surface area contributed by atoms with Crippen LogP contribution in [0.15, 0.2) is 24.3 Å². The van der Waals surface area contributed by atoms with Gasteiger partial charge in [0.15, 0.2) is 0 Å². The lowest BCUT2D eigenvalue weighted by molar-refractivity contribution is -0.119. The quantitative estimate of drug-likeness (QED) is 0.919. The molecule has 1 saturated carbocycles. The second kappa shape index (κ2) is 6.75. The van der Waals surface area contributed by atoms with Crippen molar-refractivity contribution in [3.05, 3.63) is 29.8 Å². The van der Waals surface area contributed by atoms with E-state index in [1.807, 2.05) is 31.2 Å². The van der Waals surface area contributed by atoms with Crippen molar-refractivity contribution >= 4 is 29.1 Å². The van der Waals surface area contributed by atoms with Crippen molar-refractivity contribution in [1.29, 1.82) is 0 Å². The molecule has 0 spiro atoms. The molecule has 1 atom stereocenters. The van der Waals surface area contributed by atoms with Gasteiger partial charge >= 0.3 is 0 Å². The number of rotatable bonds is 4. The van der Waals surface area contributed by atoms with E-state index in [4.69, 9.17) is 0 Å². The number of anilines is 1. The highest BCUT2D eigenvalue weighted by molar-refractivity contribution is 8.01. The summed E-state index contributed by atoms with van der Waals surface area (Å²) in [5, 5.41) is 2.92. The zero-order chi connectivity index (χ0) is 13.7. The minimum absolute atomic E-state index is 0.0244. The second-order valence-electron chi connectivity index (χ2n) is 4.87. The van der Waals surface area contributed by atoms with Gasteiger partial charge in [0.1, 0.15) is 5.78 Å². The molecule has 0 heterocycles. The van der Waals surface area contributed by atoms with Crippen LogP contribution in [0.1, 0.15) is 31.2 Å². The molecule has 2 rings (SSSR count). The molecule has 4 heteroatoms. The maximum absolute atomic E-state index is 11.9. The summed E-state index contributed by atoms with van der Waals surface area (Å²) >= 11 is 1.48. The standard InChI is InChI=1S/C15H19NO2S/c1-11-6-2-3-7-12(11)16-15(18)10-19-14-9-5-4-8-13(14)17/h2-3,6-7,14H,4-5,8-10H2,1H3,(H,16,18). The third-order valence-electron chi connectivity index (χ3n) is 3.33. The number of para-hydroxylation sites is 1. The van der Waals surface area contributed by atoms with Gasteiger partial charge in [-0.1, -0.05) is 24.6 Å². The first-order valence-electron chi connectivity index (χ1n) is 6.66. The molecule has 1 aromatic rings. The topological polar surface area (TPSA) is 46.2 Å². The Bertz CT molecular complexity index is 473. The van der Waals surface area contributed by atoms with Crippen molar-refractivity contribution in [3.63, 3.8) is 0 Å². The van der Waals surface area contributed by atoms with Crippen LogP contribution in [-0.4, -0.2) is 22.7 Å². The van der Waals surface area contributed by atoms with Crippen LogP contribution < -0.4 is 5.32 Å². The van der Waals surface area contributed by atoms with E-state index >= 15 is 0 Å². The van der Waals surface area contributed by atoms with E-state index in [0.717, 1.165) is 30.5 Å².